The number of carbonyl (C=O) groups excluding carboxylic acids is 2. The summed E-state index contributed by atoms with van der Waals surface area (Å²) in [7, 11) is 1.61. The van der Waals surface area contributed by atoms with Gasteiger partial charge in [-0.05, 0) is 54.7 Å². The minimum Gasteiger partial charge on any atom is -0.497 e. The van der Waals surface area contributed by atoms with Gasteiger partial charge in [-0.25, -0.2) is 0 Å². The number of rotatable bonds is 5. The van der Waals surface area contributed by atoms with Crippen LogP contribution in [0.4, 0.5) is 5.69 Å². The predicted molar refractivity (Wildman–Crippen MR) is 129 cm³/mol. The Bertz CT molecular complexity index is 1240. The van der Waals surface area contributed by atoms with Crippen LogP contribution in [0.1, 0.15) is 28.7 Å². The zero-order valence-corrected chi connectivity index (χ0v) is 18.9. The van der Waals surface area contributed by atoms with E-state index in [1.54, 1.807) is 7.11 Å². The van der Waals surface area contributed by atoms with Gasteiger partial charge in [-0.2, -0.15) is 0 Å². The molecule has 0 bridgehead atoms. The van der Waals surface area contributed by atoms with E-state index in [2.05, 4.69) is 6.07 Å². The lowest BCUT2D eigenvalue weighted by atomic mass is 9.98. The number of benzene rings is 3. The van der Waals surface area contributed by atoms with Gasteiger partial charge in [-0.15, -0.1) is 0 Å². The number of amides is 2. The van der Waals surface area contributed by atoms with Crippen LogP contribution in [0.3, 0.4) is 0 Å². The van der Waals surface area contributed by atoms with Crippen LogP contribution < -0.4 is 9.64 Å². The summed E-state index contributed by atoms with van der Waals surface area (Å²) in [5.41, 5.74) is 5.90. The summed E-state index contributed by atoms with van der Waals surface area (Å²) in [6.45, 7) is 2.96. The average Bonchev–Trinajstić information content (AvgIpc) is 3.09. The van der Waals surface area contributed by atoms with Gasteiger partial charge in [0.1, 0.15) is 11.4 Å². The van der Waals surface area contributed by atoms with Gasteiger partial charge in [0, 0.05) is 12.2 Å². The maximum atomic E-state index is 13.8. The van der Waals surface area contributed by atoms with Crippen LogP contribution in [0.5, 0.6) is 5.75 Å². The number of fused-ring (bicyclic) bond motifs is 1. The number of ether oxygens (including phenoxy) is 1. The van der Waals surface area contributed by atoms with E-state index in [0.29, 0.717) is 23.6 Å². The van der Waals surface area contributed by atoms with Crippen molar-refractivity contribution in [2.24, 2.45) is 0 Å². The molecule has 3 aromatic carbocycles. The molecule has 3 aromatic rings. The molecule has 0 saturated carbocycles. The standard InChI is InChI=1S/C28H26N2O3/c1-19-9-11-20(12-10-19)18-30-27(31)25(22-13-15-23(33-2)16-14-22)26(28(30)32)29-17-5-7-21-6-3-4-8-24(21)29/h3-4,6,8-16H,5,7,17-18H2,1-2H3. The largest absolute Gasteiger partial charge is 0.497 e. The number of methoxy groups -OCH3 is 1. The molecule has 0 N–H and O–H groups in total. The second kappa shape index (κ2) is 8.58. The minimum absolute atomic E-state index is 0.247. The molecule has 0 saturated heterocycles. The van der Waals surface area contributed by atoms with E-state index in [1.807, 2.05) is 78.6 Å². The number of aryl methyl sites for hydroxylation is 2. The van der Waals surface area contributed by atoms with Crippen molar-refractivity contribution in [2.75, 3.05) is 18.6 Å². The van der Waals surface area contributed by atoms with Crippen molar-refractivity contribution in [3.8, 4) is 5.75 Å². The highest BCUT2D eigenvalue weighted by atomic mass is 16.5. The van der Waals surface area contributed by atoms with E-state index >= 15 is 0 Å². The Morgan fingerprint density at radius 3 is 2.33 bits per heavy atom. The number of anilines is 1. The Morgan fingerprint density at radius 1 is 0.879 bits per heavy atom. The van der Waals surface area contributed by atoms with Crippen LogP contribution >= 0.6 is 0 Å². The summed E-state index contributed by atoms with van der Waals surface area (Å²) < 4.78 is 5.29. The van der Waals surface area contributed by atoms with Crippen molar-refractivity contribution >= 4 is 23.1 Å². The van der Waals surface area contributed by atoms with E-state index in [4.69, 9.17) is 4.74 Å². The quantitative estimate of drug-likeness (QED) is 0.540. The van der Waals surface area contributed by atoms with Gasteiger partial charge < -0.3 is 9.64 Å². The molecule has 0 fully saturated rings. The van der Waals surface area contributed by atoms with Gasteiger partial charge in [0.25, 0.3) is 11.8 Å². The van der Waals surface area contributed by atoms with E-state index in [1.165, 1.54) is 10.5 Å². The topological polar surface area (TPSA) is 49.9 Å². The van der Waals surface area contributed by atoms with Crippen molar-refractivity contribution in [3.63, 3.8) is 0 Å². The summed E-state index contributed by atoms with van der Waals surface area (Å²) in [4.78, 5) is 30.9. The molecule has 5 nitrogen and oxygen atoms in total. The molecule has 0 unspecified atom stereocenters. The molecule has 33 heavy (non-hydrogen) atoms. The molecule has 5 heteroatoms. The Balaban J connectivity index is 1.61. The highest BCUT2D eigenvalue weighted by Gasteiger charge is 2.42. The van der Waals surface area contributed by atoms with Crippen molar-refractivity contribution in [1.82, 2.24) is 4.90 Å². The summed E-state index contributed by atoms with van der Waals surface area (Å²) in [6.07, 6.45) is 1.89. The maximum Gasteiger partial charge on any atom is 0.278 e. The molecule has 2 aliphatic heterocycles. The summed E-state index contributed by atoms with van der Waals surface area (Å²) >= 11 is 0. The molecular weight excluding hydrogens is 412 g/mol. The number of para-hydroxylation sites is 1. The predicted octanol–water partition coefficient (Wildman–Crippen LogP) is 4.74. The Kier molecular flexibility index (Phi) is 5.47. The van der Waals surface area contributed by atoms with Gasteiger partial charge in [-0.1, -0.05) is 60.2 Å². The summed E-state index contributed by atoms with van der Waals surface area (Å²) in [6, 6.07) is 23.4. The monoisotopic (exact) mass is 438 g/mol. The summed E-state index contributed by atoms with van der Waals surface area (Å²) in [5.74, 6) is 0.199. The normalized spacial score (nSPS) is 15.8. The second-order valence-electron chi connectivity index (χ2n) is 8.52. The van der Waals surface area contributed by atoms with Gasteiger partial charge in [0.05, 0.1) is 19.2 Å². The van der Waals surface area contributed by atoms with Gasteiger partial charge >= 0.3 is 0 Å². The van der Waals surface area contributed by atoms with Crippen LogP contribution in [0.25, 0.3) is 5.57 Å². The van der Waals surface area contributed by atoms with Gasteiger partial charge in [0.2, 0.25) is 0 Å². The zero-order chi connectivity index (χ0) is 22.9. The molecule has 2 heterocycles. The molecule has 0 aliphatic carbocycles. The Hall–Kier alpha value is -3.86. The van der Waals surface area contributed by atoms with Gasteiger partial charge in [0.15, 0.2) is 0 Å². The third-order valence-corrected chi connectivity index (χ3v) is 6.36. The van der Waals surface area contributed by atoms with Crippen molar-refractivity contribution in [1.29, 1.82) is 0 Å². The number of nitrogens with zero attached hydrogens (tertiary/aromatic N) is 2. The van der Waals surface area contributed by atoms with E-state index in [0.717, 1.165) is 35.2 Å². The highest BCUT2D eigenvalue weighted by molar-refractivity contribution is 6.36. The van der Waals surface area contributed by atoms with Crippen molar-refractivity contribution in [3.05, 3.63) is 101 Å². The van der Waals surface area contributed by atoms with E-state index < -0.39 is 0 Å². The SMILES string of the molecule is COc1ccc(C2=C(N3CCCc4ccccc43)C(=O)N(Cc3ccc(C)cc3)C2=O)cc1. The van der Waals surface area contributed by atoms with Crippen LogP contribution in [-0.2, 0) is 22.6 Å². The molecule has 2 aliphatic rings. The Morgan fingerprint density at radius 2 is 1.61 bits per heavy atom. The average molecular weight is 439 g/mol. The molecule has 0 aromatic heterocycles. The highest BCUT2D eigenvalue weighted by Crippen LogP contribution is 2.38. The Labute approximate surface area is 193 Å². The fraction of sp³-hybridized carbons (Fsp3) is 0.214. The number of hydrogen-bond acceptors (Lipinski definition) is 4. The number of carbonyl (C=O) groups is 2. The molecule has 0 radical (unpaired) electrons. The van der Waals surface area contributed by atoms with Crippen LogP contribution in [0.2, 0.25) is 0 Å². The zero-order valence-electron chi connectivity index (χ0n) is 18.9. The smallest absolute Gasteiger partial charge is 0.278 e. The summed E-state index contributed by atoms with van der Waals surface area (Å²) in [5, 5.41) is 0. The maximum absolute atomic E-state index is 13.8. The van der Waals surface area contributed by atoms with Gasteiger partial charge in [-0.3, -0.25) is 14.5 Å². The third kappa shape index (κ3) is 3.80. The first-order valence-corrected chi connectivity index (χ1v) is 11.2. The number of imide groups is 1. The fourth-order valence-corrected chi connectivity index (χ4v) is 4.62. The van der Waals surface area contributed by atoms with Crippen molar-refractivity contribution < 1.29 is 14.3 Å². The van der Waals surface area contributed by atoms with Crippen molar-refractivity contribution in [2.45, 2.75) is 26.3 Å². The minimum atomic E-state index is -0.260. The molecule has 0 atom stereocenters. The van der Waals surface area contributed by atoms with Crippen LogP contribution in [-0.4, -0.2) is 30.4 Å². The van der Waals surface area contributed by atoms with Crippen LogP contribution in [0.15, 0.2) is 78.5 Å². The second-order valence-corrected chi connectivity index (χ2v) is 8.52. The van der Waals surface area contributed by atoms with Crippen LogP contribution in [0, 0.1) is 6.92 Å². The third-order valence-electron chi connectivity index (χ3n) is 6.36. The number of hydrogen-bond donors (Lipinski definition) is 0. The first-order valence-electron chi connectivity index (χ1n) is 11.2. The first-order chi connectivity index (χ1) is 16.1. The van der Waals surface area contributed by atoms with E-state index in [-0.39, 0.29) is 18.4 Å². The molecule has 0 spiro atoms. The lowest BCUT2D eigenvalue weighted by molar-refractivity contribution is -0.137. The lowest BCUT2D eigenvalue weighted by Gasteiger charge is -2.32. The van der Waals surface area contributed by atoms with E-state index in [9.17, 15) is 9.59 Å². The lowest BCUT2D eigenvalue weighted by Crippen LogP contribution is -2.36. The fourth-order valence-electron chi connectivity index (χ4n) is 4.62. The molecule has 2 amide bonds. The molecule has 5 rings (SSSR count). The molecule has 166 valence electrons. The first kappa shape index (κ1) is 21.0. The molecular formula is C28H26N2O3.